The van der Waals surface area contributed by atoms with Crippen LogP contribution in [0.5, 0.6) is 5.75 Å². The molecule has 3 rings (SSSR count). The molecule has 0 aliphatic heterocycles. The van der Waals surface area contributed by atoms with Crippen LogP contribution in [0.2, 0.25) is 0 Å². The van der Waals surface area contributed by atoms with Crippen molar-refractivity contribution in [2.45, 2.75) is 19.8 Å². The molecule has 0 amide bonds. The van der Waals surface area contributed by atoms with Gasteiger partial charge in [-0.2, -0.15) is 0 Å². The number of esters is 1. The molecule has 3 aromatic rings. The fourth-order valence-electron chi connectivity index (χ4n) is 2.84. The Hall–Kier alpha value is -2.87. The van der Waals surface area contributed by atoms with Gasteiger partial charge >= 0.3 is 5.97 Å². The molecule has 0 aromatic heterocycles. The third-order valence-electron chi connectivity index (χ3n) is 4.04. The fraction of sp³-hybridized carbons (Fsp3) is 0.136. The number of carbonyl (C=O) groups excluding carboxylic acids is 1. The van der Waals surface area contributed by atoms with Crippen LogP contribution in [-0.4, -0.2) is 5.97 Å². The zero-order valence-corrected chi connectivity index (χ0v) is 13.9. The van der Waals surface area contributed by atoms with Gasteiger partial charge in [-0.15, -0.1) is 0 Å². The van der Waals surface area contributed by atoms with Gasteiger partial charge in [-0.05, 0) is 36.6 Å². The smallest absolute Gasteiger partial charge is 0.323 e. The lowest BCUT2D eigenvalue weighted by Crippen LogP contribution is -2.20. The van der Waals surface area contributed by atoms with Gasteiger partial charge in [0.2, 0.25) is 0 Å². The zero-order chi connectivity index (χ0) is 16.9. The third kappa shape index (κ3) is 3.54. The summed E-state index contributed by atoms with van der Waals surface area (Å²) in [4.78, 5) is 12.9. The fourth-order valence-corrected chi connectivity index (χ4v) is 2.84. The minimum Gasteiger partial charge on any atom is -0.426 e. The second kappa shape index (κ2) is 7.14. The lowest BCUT2D eigenvalue weighted by molar-refractivity contribution is -0.135. The predicted molar refractivity (Wildman–Crippen MR) is 96.3 cm³/mol. The molecular formula is C22H20O2. The number of hydrogen-bond acceptors (Lipinski definition) is 2. The van der Waals surface area contributed by atoms with Gasteiger partial charge < -0.3 is 4.74 Å². The van der Waals surface area contributed by atoms with Crippen molar-refractivity contribution in [1.82, 2.24) is 0 Å². The van der Waals surface area contributed by atoms with Crippen LogP contribution >= 0.6 is 0 Å². The highest BCUT2D eigenvalue weighted by molar-refractivity contribution is 5.84. The normalized spacial score (nSPS) is 10.6. The van der Waals surface area contributed by atoms with Gasteiger partial charge in [-0.3, -0.25) is 4.79 Å². The van der Waals surface area contributed by atoms with Gasteiger partial charge in [0.15, 0.2) is 0 Å². The Kier molecular flexibility index (Phi) is 4.76. The Morgan fingerprint density at radius 3 is 1.83 bits per heavy atom. The number of ether oxygens (including phenoxy) is 1. The van der Waals surface area contributed by atoms with Gasteiger partial charge in [0.25, 0.3) is 0 Å². The van der Waals surface area contributed by atoms with E-state index in [9.17, 15) is 4.79 Å². The monoisotopic (exact) mass is 316 g/mol. The number of carbonyl (C=O) groups is 1. The molecule has 3 aromatic carbocycles. The van der Waals surface area contributed by atoms with Gasteiger partial charge in [0, 0.05) is 0 Å². The standard InChI is InChI=1S/C22H20O2/c1-16-13-14-20(17(2)15-16)24-22(23)21(18-9-5-3-6-10-18)19-11-7-4-8-12-19/h3-15,21H,1-2H3. The summed E-state index contributed by atoms with van der Waals surface area (Å²) < 4.78 is 5.73. The molecule has 0 fully saturated rings. The van der Waals surface area contributed by atoms with Crippen LogP contribution in [0.3, 0.4) is 0 Å². The Morgan fingerprint density at radius 1 is 0.792 bits per heavy atom. The Morgan fingerprint density at radius 2 is 1.33 bits per heavy atom. The van der Waals surface area contributed by atoms with Crippen LogP contribution in [0.15, 0.2) is 78.9 Å². The van der Waals surface area contributed by atoms with Gasteiger partial charge in [-0.1, -0.05) is 78.4 Å². The summed E-state index contributed by atoms with van der Waals surface area (Å²) in [5.74, 6) is -0.0880. The summed E-state index contributed by atoms with van der Waals surface area (Å²) in [6, 6.07) is 25.3. The first-order valence-electron chi connectivity index (χ1n) is 8.04. The predicted octanol–water partition coefficient (Wildman–Crippen LogP) is 5.04. The maximum absolute atomic E-state index is 12.9. The first kappa shape index (κ1) is 16.0. The molecule has 24 heavy (non-hydrogen) atoms. The number of rotatable bonds is 4. The molecule has 0 aliphatic rings. The molecule has 0 bridgehead atoms. The lowest BCUT2D eigenvalue weighted by atomic mass is 9.91. The van der Waals surface area contributed by atoms with E-state index < -0.39 is 5.92 Å². The highest BCUT2D eigenvalue weighted by atomic mass is 16.5. The maximum Gasteiger partial charge on any atom is 0.323 e. The van der Waals surface area contributed by atoms with Crippen LogP contribution in [0.1, 0.15) is 28.2 Å². The van der Waals surface area contributed by atoms with Gasteiger partial charge in [-0.25, -0.2) is 0 Å². The largest absolute Gasteiger partial charge is 0.426 e. The van der Waals surface area contributed by atoms with Crippen molar-refractivity contribution >= 4 is 5.97 Å². The van der Waals surface area contributed by atoms with Crippen LogP contribution in [0, 0.1) is 13.8 Å². The zero-order valence-electron chi connectivity index (χ0n) is 13.9. The van der Waals surface area contributed by atoms with Crippen LogP contribution in [-0.2, 0) is 4.79 Å². The Bertz CT molecular complexity index is 784. The second-order valence-electron chi connectivity index (χ2n) is 5.94. The summed E-state index contributed by atoms with van der Waals surface area (Å²) in [6.45, 7) is 3.98. The highest BCUT2D eigenvalue weighted by Gasteiger charge is 2.25. The summed E-state index contributed by atoms with van der Waals surface area (Å²) in [7, 11) is 0. The summed E-state index contributed by atoms with van der Waals surface area (Å²) in [6.07, 6.45) is 0. The Balaban J connectivity index is 1.95. The van der Waals surface area contributed by atoms with Crippen molar-refractivity contribution in [1.29, 1.82) is 0 Å². The average Bonchev–Trinajstić information content (AvgIpc) is 2.60. The number of benzene rings is 3. The molecule has 0 saturated heterocycles. The van der Waals surface area contributed by atoms with E-state index in [-0.39, 0.29) is 5.97 Å². The molecule has 0 atom stereocenters. The van der Waals surface area contributed by atoms with Gasteiger partial charge in [0.05, 0.1) is 0 Å². The molecule has 2 nitrogen and oxygen atoms in total. The highest BCUT2D eigenvalue weighted by Crippen LogP contribution is 2.28. The van der Waals surface area contributed by atoms with E-state index in [1.807, 2.05) is 92.7 Å². The average molecular weight is 316 g/mol. The SMILES string of the molecule is Cc1ccc(OC(=O)C(c2ccccc2)c2ccccc2)c(C)c1. The summed E-state index contributed by atoms with van der Waals surface area (Å²) >= 11 is 0. The van der Waals surface area contributed by atoms with E-state index in [2.05, 4.69) is 0 Å². The molecule has 0 saturated carbocycles. The molecule has 0 unspecified atom stereocenters. The molecule has 0 aliphatic carbocycles. The molecule has 0 radical (unpaired) electrons. The van der Waals surface area contributed by atoms with E-state index in [1.54, 1.807) is 0 Å². The van der Waals surface area contributed by atoms with Crippen molar-refractivity contribution in [2.24, 2.45) is 0 Å². The lowest BCUT2D eigenvalue weighted by Gasteiger charge is -2.17. The first-order valence-corrected chi connectivity index (χ1v) is 8.04. The third-order valence-corrected chi connectivity index (χ3v) is 4.04. The molecular weight excluding hydrogens is 296 g/mol. The van der Waals surface area contributed by atoms with Crippen molar-refractivity contribution in [3.63, 3.8) is 0 Å². The molecule has 2 heteroatoms. The van der Waals surface area contributed by atoms with E-state index in [4.69, 9.17) is 4.74 Å². The van der Waals surface area contributed by atoms with Gasteiger partial charge in [0.1, 0.15) is 11.7 Å². The molecule has 0 N–H and O–H groups in total. The number of aryl methyl sites for hydroxylation is 2. The summed E-state index contributed by atoms with van der Waals surface area (Å²) in [5.41, 5.74) is 3.97. The Labute approximate surface area is 142 Å². The van der Waals surface area contributed by atoms with Crippen LogP contribution in [0.25, 0.3) is 0 Å². The van der Waals surface area contributed by atoms with Crippen molar-refractivity contribution in [3.05, 3.63) is 101 Å². The van der Waals surface area contributed by atoms with Crippen LogP contribution < -0.4 is 4.74 Å². The number of hydrogen-bond donors (Lipinski definition) is 0. The first-order chi connectivity index (χ1) is 11.6. The second-order valence-corrected chi connectivity index (χ2v) is 5.94. The molecule has 120 valence electrons. The maximum atomic E-state index is 12.9. The summed E-state index contributed by atoms with van der Waals surface area (Å²) in [5, 5.41) is 0. The van der Waals surface area contributed by atoms with Crippen LogP contribution in [0.4, 0.5) is 0 Å². The minimum atomic E-state index is -0.437. The van der Waals surface area contributed by atoms with Crippen molar-refractivity contribution in [2.75, 3.05) is 0 Å². The molecule has 0 spiro atoms. The molecule has 0 heterocycles. The van der Waals surface area contributed by atoms with E-state index in [0.29, 0.717) is 5.75 Å². The quantitative estimate of drug-likeness (QED) is 0.498. The minimum absolute atomic E-state index is 0.264. The topological polar surface area (TPSA) is 26.3 Å². The van der Waals surface area contributed by atoms with E-state index >= 15 is 0 Å². The van der Waals surface area contributed by atoms with E-state index in [0.717, 1.165) is 22.3 Å². The van der Waals surface area contributed by atoms with Crippen molar-refractivity contribution < 1.29 is 9.53 Å². The van der Waals surface area contributed by atoms with Crippen molar-refractivity contribution in [3.8, 4) is 5.75 Å². The van der Waals surface area contributed by atoms with E-state index in [1.165, 1.54) is 0 Å².